The molecule has 1 atom stereocenters. The largest absolute Gasteiger partial charge is 0.289 e. The van der Waals surface area contributed by atoms with Crippen molar-refractivity contribution < 1.29 is 9.59 Å². The highest BCUT2D eigenvalue weighted by Gasteiger charge is 2.33. The van der Waals surface area contributed by atoms with Crippen LogP contribution in [0.15, 0.2) is 29.3 Å². The van der Waals surface area contributed by atoms with Crippen molar-refractivity contribution in [3.63, 3.8) is 0 Å². The summed E-state index contributed by atoms with van der Waals surface area (Å²) in [6.45, 7) is 4.40. The minimum Gasteiger partial charge on any atom is -0.289 e. The lowest BCUT2D eigenvalue weighted by molar-refractivity contribution is 0.0964. The molecule has 0 aliphatic heterocycles. The Morgan fingerprint density at radius 2 is 1.64 bits per heavy atom. The molecule has 0 saturated heterocycles. The predicted octanol–water partition coefficient (Wildman–Crippen LogP) is 5.23. The topological polar surface area (TPSA) is 34.1 Å². The van der Waals surface area contributed by atoms with Gasteiger partial charge in [-0.1, -0.05) is 38.8 Å². The van der Waals surface area contributed by atoms with Crippen molar-refractivity contribution in [3.05, 3.63) is 46.0 Å². The third kappa shape index (κ3) is 2.55. The number of benzene rings is 1. The quantitative estimate of drug-likeness (QED) is 0.762. The van der Waals surface area contributed by atoms with Gasteiger partial charge in [-0.3, -0.25) is 9.59 Å². The summed E-state index contributed by atoms with van der Waals surface area (Å²) in [7, 11) is 0. The van der Waals surface area contributed by atoms with Crippen LogP contribution in [0.4, 0.5) is 0 Å². The van der Waals surface area contributed by atoms with Gasteiger partial charge in [-0.2, -0.15) is 0 Å². The fraction of sp³-hybridized carbons (Fsp3) is 0.500. The van der Waals surface area contributed by atoms with Gasteiger partial charge in [0.2, 0.25) is 0 Å². The third-order valence-corrected chi connectivity index (χ3v) is 5.11. The van der Waals surface area contributed by atoms with E-state index < -0.39 is 0 Å². The standard InChI is InChI=1S/C20H24O2/c1-3-4-7-13(2)14-10-11-17-18(12-14)20(22)16-9-6-5-8-15(16)19(17)21/h10-13H,3-9H2,1-2H3. The molecular weight excluding hydrogens is 272 g/mol. The second-order valence-electron chi connectivity index (χ2n) is 6.67. The Hall–Kier alpha value is -1.70. The number of Topliss-reactive ketones (excluding diaryl/α,β-unsaturated/α-hetero) is 2. The number of carbonyl (C=O) groups is 2. The maximum absolute atomic E-state index is 12.8. The first kappa shape index (κ1) is 15.2. The van der Waals surface area contributed by atoms with Gasteiger partial charge in [-0.25, -0.2) is 0 Å². The van der Waals surface area contributed by atoms with Gasteiger partial charge in [0.1, 0.15) is 0 Å². The summed E-state index contributed by atoms with van der Waals surface area (Å²) in [6.07, 6.45) is 7.11. The molecule has 1 aromatic carbocycles. The van der Waals surface area contributed by atoms with E-state index in [1.165, 1.54) is 18.4 Å². The van der Waals surface area contributed by atoms with Crippen LogP contribution in [0.2, 0.25) is 0 Å². The monoisotopic (exact) mass is 296 g/mol. The molecule has 22 heavy (non-hydrogen) atoms. The molecule has 1 unspecified atom stereocenters. The van der Waals surface area contributed by atoms with E-state index in [1.807, 2.05) is 18.2 Å². The van der Waals surface area contributed by atoms with Crippen molar-refractivity contribution in [1.82, 2.24) is 0 Å². The number of rotatable bonds is 4. The highest BCUT2D eigenvalue weighted by molar-refractivity contribution is 6.27. The molecule has 0 fully saturated rings. The zero-order chi connectivity index (χ0) is 15.7. The summed E-state index contributed by atoms with van der Waals surface area (Å²) in [5.41, 5.74) is 4.04. The van der Waals surface area contributed by atoms with E-state index in [4.69, 9.17) is 0 Å². The highest BCUT2D eigenvalue weighted by atomic mass is 16.1. The van der Waals surface area contributed by atoms with E-state index >= 15 is 0 Å². The van der Waals surface area contributed by atoms with E-state index in [-0.39, 0.29) is 11.6 Å². The van der Waals surface area contributed by atoms with Crippen LogP contribution in [0.5, 0.6) is 0 Å². The summed E-state index contributed by atoms with van der Waals surface area (Å²) in [5, 5.41) is 0. The van der Waals surface area contributed by atoms with Gasteiger partial charge in [0.05, 0.1) is 0 Å². The first-order valence-corrected chi connectivity index (χ1v) is 8.58. The van der Waals surface area contributed by atoms with Crippen LogP contribution in [-0.2, 0) is 0 Å². The third-order valence-electron chi connectivity index (χ3n) is 5.11. The molecule has 116 valence electrons. The summed E-state index contributed by atoms with van der Waals surface area (Å²) < 4.78 is 0. The number of fused-ring (bicyclic) bond motifs is 1. The van der Waals surface area contributed by atoms with Gasteiger partial charge in [0, 0.05) is 22.3 Å². The number of carbonyl (C=O) groups excluding carboxylic acids is 2. The minimum atomic E-state index is 0.0945. The van der Waals surface area contributed by atoms with Crippen LogP contribution in [0.25, 0.3) is 0 Å². The summed E-state index contributed by atoms with van der Waals surface area (Å²) in [4.78, 5) is 25.4. The maximum Gasteiger partial charge on any atom is 0.190 e. The molecule has 0 bridgehead atoms. The second kappa shape index (κ2) is 6.20. The van der Waals surface area contributed by atoms with E-state index in [1.54, 1.807) is 0 Å². The summed E-state index contributed by atoms with van der Waals surface area (Å²) in [5.74, 6) is 0.640. The fourth-order valence-electron chi connectivity index (χ4n) is 3.66. The predicted molar refractivity (Wildman–Crippen MR) is 88.5 cm³/mol. The van der Waals surface area contributed by atoms with E-state index in [9.17, 15) is 9.59 Å². The lowest BCUT2D eigenvalue weighted by atomic mass is 9.76. The molecule has 2 nitrogen and oxygen atoms in total. The van der Waals surface area contributed by atoms with Crippen LogP contribution in [0.1, 0.15) is 91.0 Å². The van der Waals surface area contributed by atoms with Gasteiger partial charge < -0.3 is 0 Å². The van der Waals surface area contributed by atoms with Gasteiger partial charge in [-0.05, 0) is 49.7 Å². The summed E-state index contributed by atoms with van der Waals surface area (Å²) >= 11 is 0. The van der Waals surface area contributed by atoms with Crippen molar-refractivity contribution in [3.8, 4) is 0 Å². The zero-order valence-electron chi connectivity index (χ0n) is 13.6. The Labute approximate surface area is 132 Å². The van der Waals surface area contributed by atoms with Gasteiger partial charge in [0.25, 0.3) is 0 Å². The van der Waals surface area contributed by atoms with Gasteiger partial charge in [-0.15, -0.1) is 0 Å². The van der Waals surface area contributed by atoms with Gasteiger partial charge in [0.15, 0.2) is 11.6 Å². The van der Waals surface area contributed by atoms with Crippen LogP contribution in [-0.4, -0.2) is 11.6 Å². The Morgan fingerprint density at radius 1 is 1.00 bits per heavy atom. The minimum absolute atomic E-state index is 0.0945. The highest BCUT2D eigenvalue weighted by Crippen LogP contribution is 2.36. The van der Waals surface area contributed by atoms with Crippen molar-refractivity contribution in [2.45, 2.75) is 64.7 Å². The normalized spacial score (nSPS) is 19.0. The Bertz CT molecular complexity index is 652. The smallest absolute Gasteiger partial charge is 0.190 e. The first-order chi connectivity index (χ1) is 10.6. The molecule has 0 N–H and O–H groups in total. The van der Waals surface area contributed by atoms with Crippen molar-refractivity contribution in [2.24, 2.45) is 0 Å². The van der Waals surface area contributed by atoms with E-state index in [0.29, 0.717) is 17.0 Å². The SMILES string of the molecule is CCCCC(C)c1ccc2c(c1)C(=O)C1=C(CCCC1)C2=O. The fourth-order valence-corrected chi connectivity index (χ4v) is 3.66. The molecule has 2 heteroatoms. The maximum atomic E-state index is 12.8. The van der Waals surface area contributed by atoms with Crippen LogP contribution < -0.4 is 0 Å². The average molecular weight is 296 g/mol. The molecular formula is C20H24O2. The second-order valence-corrected chi connectivity index (χ2v) is 6.67. The molecule has 3 rings (SSSR count). The van der Waals surface area contributed by atoms with E-state index in [0.717, 1.165) is 43.3 Å². The van der Waals surface area contributed by atoms with Crippen molar-refractivity contribution in [1.29, 1.82) is 0 Å². The molecule has 0 spiro atoms. The number of hydrogen-bond donors (Lipinski definition) is 0. The number of allylic oxidation sites excluding steroid dienone is 2. The lowest BCUT2D eigenvalue weighted by Gasteiger charge is -2.25. The Morgan fingerprint density at radius 3 is 2.27 bits per heavy atom. The number of hydrogen-bond acceptors (Lipinski definition) is 2. The Kier molecular flexibility index (Phi) is 4.28. The van der Waals surface area contributed by atoms with Crippen LogP contribution >= 0.6 is 0 Å². The van der Waals surface area contributed by atoms with Crippen molar-refractivity contribution >= 4 is 11.6 Å². The molecule has 1 aromatic rings. The zero-order valence-corrected chi connectivity index (χ0v) is 13.6. The van der Waals surface area contributed by atoms with Crippen LogP contribution in [0.3, 0.4) is 0 Å². The molecule has 2 aliphatic rings. The molecule has 0 saturated carbocycles. The molecule has 0 heterocycles. The lowest BCUT2D eigenvalue weighted by Crippen LogP contribution is -2.24. The summed E-state index contributed by atoms with van der Waals surface area (Å²) in [6, 6.07) is 5.90. The van der Waals surface area contributed by atoms with Gasteiger partial charge >= 0.3 is 0 Å². The Balaban J connectivity index is 1.97. The molecule has 0 radical (unpaired) electrons. The molecule has 0 amide bonds. The molecule has 0 aromatic heterocycles. The number of unbranched alkanes of at least 4 members (excludes halogenated alkanes) is 1. The average Bonchev–Trinajstić information content (AvgIpc) is 2.57. The van der Waals surface area contributed by atoms with E-state index in [2.05, 4.69) is 13.8 Å². The van der Waals surface area contributed by atoms with Crippen LogP contribution in [0, 0.1) is 0 Å². The molecule has 2 aliphatic carbocycles. The first-order valence-electron chi connectivity index (χ1n) is 8.58. The number of ketones is 2. The van der Waals surface area contributed by atoms with Crippen molar-refractivity contribution in [2.75, 3.05) is 0 Å².